The van der Waals surface area contributed by atoms with Gasteiger partial charge in [0.25, 0.3) is 0 Å². The molecule has 0 aliphatic rings. The summed E-state index contributed by atoms with van der Waals surface area (Å²) in [6, 6.07) is 0. The van der Waals surface area contributed by atoms with Crippen LogP contribution in [0.5, 0.6) is 0 Å². The first kappa shape index (κ1) is 12.6. The van der Waals surface area contributed by atoms with Crippen LogP contribution in [0.3, 0.4) is 0 Å². The normalized spacial score (nSPS) is 10.4. The van der Waals surface area contributed by atoms with Gasteiger partial charge < -0.3 is 10.1 Å². The molecule has 0 fully saturated rings. The van der Waals surface area contributed by atoms with Crippen molar-refractivity contribution in [2.75, 3.05) is 11.9 Å². The lowest BCUT2D eigenvalue weighted by molar-refractivity contribution is -0.116. The van der Waals surface area contributed by atoms with Gasteiger partial charge in [-0.05, 0) is 20.3 Å². The summed E-state index contributed by atoms with van der Waals surface area (Å²) in [6.45, 7) is 4.55. The molecule has 5 heteroatoms. The predicted molar refractivity (Wildman–Crippen MR) is 61.0 cm³/mol. The van der Waals surface area contributed by atoms with Gasteiger partial charge in [-0.3, -0.25) is 9.78 Å². The number of amides is 1. The highest BCUT2D eigenvalue weighted by Crippen LogP contribution is 2.00. The van der Waals surface area contributed by atoms with E-state index in [4.69, 9.17) is 4.74 Å². The Labute approximate surface area is 95.3 Å². The van der Waals surface area contributed by atoms with Gasteiger partial charge in [0.05, 0.1) is 12.3 Å². The van der Waals surface area contributed by atoms with Gasteiger partial charge in [0.15, 0.2) is 5.82 Å². The van der Waals surface area contributed by atoms with E-state index in [0.717, 1.165) is 0 Å². The molecular weight excluding hydrogens is 206 g/mol. The molecule has 0 aliphatic heterocycles. The number of anilines is 1. The lowest BCUT2D eigenvalue weighted by Gasteiger charge is -2.07. The molecular formula is C11H17N3O2. The Balaban J connectivity index is 2.17. The molecule has 0 saturated heterocycles. The molecule has 0 unspecified atom stereocenters. The zero-order valence-corrected chi connectivity index (χ0v) is 9.64. The molecule has 0 saturated carbocycles. The second-order valence-electron chi connectivity index (χ2n) is 3.66. The van der Waals surface area contributed by atoms with Crippen molar-refractivity contribution in [1.29, 1.82) is 0 Å². The van der Waals surface area contributed by atoms with E-state index < -0.39 is 0 Å². The Morgan fingerprint density at radius 1 is 1.50 bits per heavy atom. The molecule has 16 heavy (non-hydrogen) atoms. The van der Waals surface area contributed by atoms with Crippen molar-refractivity contribution >= 4 is 11.7 Å². The van der Waals surface area contributed by atoms with E-state index in [-0.39, 0.29) is 12.0 Å². The van der Waals surface area contributed by atoms with Gasteiger partial charge in [-0.2, -0.15) is 0 Å². The summed E-state index contributed by atoms with van der Waals surface area (Å²) in [6.07, 6.45) is 5.97. The van der Waals surface area contributed by atoms with Gasteiger partial charge in [-0.15, -0.1) is 0 Å². The van der Waals surface area contributed by atoms with Crippen molar-refractivity contribution in [3.05, 3.63) is 18.6 Å². The molecule has 1 amide bonds. The van der Waals surface area contributed by atoms with Gasteiger partial charge >= 0.3 is 0 Å². The Hall–Kier alpha value is -1.49. The second kappa shape index (κ2) is 6.90. The van der Waals surface area contributed by atoms with E-state index in [1.165, 1.54) is 12.4 Å². The molecule has 1 heterocycles. The van der Waals surface area contributed by atoms with Crippen molar-refractivity contribution < 1.29 is 9.53 Å². The number of rotatable bonds is 6. The Bertz CT molecular complexity index is 314. The van der Waals surface area contributed by atoms with Crippen molar-refractivity contribution in [3.8, 4) is 0 Å². The number of nitrogens with one attached hydrogen (secondary N) is 1. The zero-order chi connectivity index (χ0) is 11.8. The molecule has 1 aromatic rings. The molecule has 0 atom stereocenters. The first-order valence-corrected chi connectivity index (χ1v) is 5.36. The molecule has 0 spiro atoms. The number of ether oxygens (including phenoxy) is 1. The average Bonchev–Trinajstić information content (AvgIpc) is 2.25. The van der Waals surface area contributed by atoms with Crippen LogP contribution in [-0.4, -0.2) is 28.6 Å². The molecule has 0 aromatic carbocycles. The van der Waals surface area contributed by atoms with E-state index in [9.17, 15) is 4.79 Å². The molecule has 1 rings (SSSR count). The molecule has 1 N–H and O–H groups in total. The lowest BCUT2D eigenvalue weighted by atomic mass is 10.3. The third kappa shape index (κ3) is 5.41. The van der Waals surface area contributed by atoms with Crippen LogP contribution in [0, 0.1) is 0 Å². The van der Waals surface area contributed by atoms with Crippen molar-refractivity contribution in [2.24, 2.45) is 0 Å². The van der Waals surface area contributed by atoms with E-state index in [2.05, 4.69) is 15.3 Å². The molecule has 0 radical (unpaired) electrons. The fourth-order valence-electron chi connectivity index (χ4n) is 1.12. The van der Waals surface area contributed by atoms with E-state index in [1.807, 2.05) is 13.8 Å². The van der Waals surface area contributed by atoms with Gasteiger partial charge in [-0.25, -0.2) is 4.98 Å². The summed E-state index contributed by atoms with van der Waals surface area (Å²) in [5.41, 5.74) is 0. The third-order valence-corrected chi connectivity index (χ3v) is 1.83. The number of nitrogens with zero attached hydrogens (tertiary/aromatic N) is 2. The molecule has 5 nitrogen and oxygen atoms in total. The molecule has 1 aromatic heterocycles. The maximum absolute atomic E-state index is 11.4. The standard InChI is InChI=1S/C11H17N3O2/c1-9(2)16-7-3-4-11(15)14-10-8-12-5-6-13-10/h5-6,8-9H,3-4,7H2,1-2H3,(H,13,14,15). The maximum atomic E-state index is 11.4. The topological polar surface area (TPSA) is 64.1 Å². The highest BCUT2D eigenvalue weighted by atomic mass is 16.5. The first-order valence-electron chi connectivity index (χ1n) is 5.36. The fourth-order valence-corrected chi connectivity index (χ4v) is 1.12. The molecule has 88 valence electrons. The first-order chi connectivity index (χ1) is 7.68. The Morgan fingerprint density at radius 2 is 2.31 bits per heavy atom. The van der Waals surface area contributed by atoms with Crippen LogP contribution >= 0.6 is 0 Å². The van der Waals surface area contributed by atoms with Crippen LogP contribution in [0.4, 0.5) is 5.82 Å². The van der Waals surface area contributed by atoms with Crippen LogP contribution in [0.25, 0.3) is 0 Å². The Kier molecular flexibility index (Phi) is 5.42. The summed E-state index contributed by atoms with van der Waals surface area (Å²) in [5.74, 6) is 0.421. The monoisotopic (exact) mass is 223 g/mol. The van der Waals surface area contributed by atoms with Gasteiger partial charge in [-0.1, -0.05) is 0 Å². The predicted octanol–water partition coefficient (Wildman–Crippen LogP) is 1.62. The summed E-state index contributed by atoms with van der Waals surface area (Å²) >= 11 is 0. The highest BCUT2D eigenvalue weighted by Gasteiger charge is 2.03. The van der Waals surface area contributed by atoms with Crippen LogP contribution in [0.1, 0.15) is 26.7 Å². The van der Waals surface area contributed by atoms with E-state index >= 15 is 0 Å². The quantitative estimate of drug-likeness (QED) is 0.744. The fraction of sp³-hybridized carbons (Fsp3) is 0.545. The summed E-state index contributed by atoms with van der Waals surface area (Å²) in [7, 11) is 0. The largest absolute Gasteiger partial charge is 0.379 e. The molecule has 0 aliphatic carbocycles. The smallest absolute Gasteiger partial charge is 0.225 e. The number of carbonyl (C=O) groups is 1. The minimum Gasteiger partial charge on any atom is -0.379 e. The van der Waals surface area contributed by atoms with Crippen LogP contribution in [0.2, 0.25) is 0 Å². The van der Waals surface area contributed by atoms with E-state index in [1.54, 1.807) is 6.20 Å². The van der Waals surface area contributed by atoms with Crippen molar-refractivity contribution in [3.63, 3.8) is 0 Å². The zero-order valence-electron chi connectivity index (χ0n) is 9.64. The number of carbonyl (C=O) groups excluding carboxylic acids is 1. The van der Waals surface area contributed by atoms with Gasteiger partial charge in [0.1, 0.15) is 0 Å². The van der Waals surface area contributed by atoms with Crippen LogP contribution in [-0.2, 0) is 9.53 Å². The number of hydrogen-bond donors (Lipinski definition) is 1. The summed E-state index contributed by atoms with van der Waals surface area (Å²) < 4.78 is 5.33. The summed E-state index contributed by atoms with van der Waals surface area (Å²) in [4.78, 5) is 19.2. The van der Waals surface area contributed by atoms with Crippen molar-refractivity contribution in [1.82, 2.24) is 9.97 Å². The number of hydrogen-bond acceptors (Lipinski definition) is 4. The lowest BCUT2D eigenvalue weighted by Crippen LogP contribution is -2.14. The van der Waals surface area contributed by atoms with Crippen LogP contribution < -0.4 is 5.32 Å². The van der Waals surface area contributed by atoms with Gasteiger partial charge in [0, 0.05) is 25.4 Å². The number of aromatic nitrogens is 2. The van der Waals surface area contributed by atoms with Crippen molar-refractivity contribution in [2.45, 2.75) is 32.8 Å². The third-order valence-electron chi connectivity index (χ3n) is 1.83. The Morgan fingerprint density at radius 3 is 2.94 bits per heavy atom. The average molecular weight is 223 g/mol. The minimum atomic E-state index is -0.0622. The van der Waals surface area contributed by atoms with E-state index in [0.29, 0.717) is 25.3 Å². The highest BCUT2D eigenvalue weighted by molar-refractivity contribution is 5.89. The van der Waals surface area contributed by atoms with Crippen LogP contribution in [0.15, 0.2) is 18.6 Å². The minimum absolute atomic E-state index is 0.0622. The molecule has 0 bridgehead atoms. The second-order valence-corrected chi connectivity index (χ2v) is 3.66. The maximum Gasteiger partial charge on any atom is 0.225 e. The van der Waals surface area contributed by atoms with Gasteiger partial charge in [0.2, 0.25) is 5.91 Å². The SMILES string of the molecule is CC(C)OCCCC(=O)Nc1cnccn1. The summed E-state index contributed by atoms with van der Waals surface area (Å²) in [5, 5.41) is 2.66.